The zero-order valence-electron chi connectivity index (χ0n) is 16.0. The van der Waals surface area contributed by atoms with Gasteiger partial charge in [-0.15, -0.1) is 21.5 Å². The normalized spacial score (nSPS) is 15.8. The lowest BCUT2D eigenvalue weighted by Gasteiger charge is -2.31. The van der Waals surface area contributed by atoms with E-state index in [0.29, 0.717) is 31.8 Å². The van der Waals surface area contributed by atoms with Crippen molar-refractivity contribution in [1.82, 2.24) is 15.1 Å². The van der Waals surface area contributed by atoms with E-state index in [1.54, 1.807) is 11.8 Å². The second-order valence-electron chi connectivity index (χ2n) is 6.93. The van der Waals surface area contributed by atoms with Crippen molar-refractivity contribution in [2.45, 2.75) is 25.9 Å². The second kappa shape index (κ2) is 8.57. The van der Waals surface area contributed by atoms with Gasteiger partial charge in [-0.3, -0.25) is 9.59 Å². The van der Waals surface area contributed by atoms with Gasteiger partial charge < -0.3 is 14.1 Å². The first kappa shape index (κ1) is 19.3. The van der Waals surface area contributed by atoms with Crippen LogP contribution in [0.2, 0.25) is 0 Å². The van der Waals surface area contributed by atoms with Crippen LogP contribution in [0.25, 0.3) is 11.5 Å². The summed E-state index contributed by atoms with van der Waals surface area (Å²) in [6.07, 6.45) is 0.544. The van der Waals surface area contributed by atoms with Gasteiger partial charge in [0.25, 0.3) is 11.8 Å². The van der Waals surface area contributed by atoms with Crippen molar-refractivity contribution in [3.05, 3.63) is 58.6 Å². The second-order valence-corrected chi connectivity index (χ2v) is 7.88. The van der Waals surface area contributed by atoms with E-state index in [1.807, 2.05) is 47.8 Å². The Hall–Kier alpha value is -3.00. The third-order valence-electron chi connectivity index (χ3n) is 4.95. The summed E-state index contributed by atoms with van der Waals surface area (Å²) in [7, 11) is 0. The number of hydrogen-bond donors (Lipinski definition) is 0. The fourth-order valence-corrected chi connectivity index (χ4v) is 3.98. The number of hydrogen-bond acceptors (Lipinski definition) is 7. The van der Waals surface area contributed by atoms with Crippen LogP contribution in [0.4, 0.5) is 0 Å². The van der Waals surface area contributed by atoms with Gasteiger partial charge in [-0.25, -0.2) is 0 Å². The molecule has 0 unspecified atom stereocenters. The Bertz CT molecular complexity index is 963. The smallest absolute Gasteiger partial charge is 0.309 e. The van der Waals surface area contributed by atoms with Gasteiger partial charge in [0.05, 0.1) is 10.8 Å². The predicted octanol–water partition coefficient (Wildman–Crippen LogP) is 3.95. The molecule has 1 aliphatic heterocycles. The van der Waals surface area contributed by atoms with E-state index < -0.39 is 6.10 Å². The minimum atomic E-state index is -0.627. The molecule has 1 aliphatic rings. The minimum absolute atomic E-state index is 0.0273. The van der Waals surface area contributed by atoms with Gasteiger partial charge in [-0.2, -0.15) is 0 Å². The van der Waals surface area contributed by atoms with Crippen LogP contribution in [0.5, 0.6) is 0 Å². The number of ether oxygens (including phenoxy) is 1. The Labute approximate surface area is 172 Å². The summed E-state index contributed by atoms with van der Waals surface area (Å²) in [5.41, 5.74) is 0.813. The third-order valence-corrected chi connectivity index (χ3v) is 5.81. The lowest BCUT2D eigenvalue weighted by atomic mass is 9.97. The number of carbonyl (C=O) groups excluding carboxylic acids is 2. The predicted molar refractivity (Wildman–Crippen MR) is 107 cm³/mol. The summed E-state index contributed by atoms with van der Waals surface area (Å²) in [6.45, 7) is 2.81. The summed E-state index contributed by atoms with van der Waals surface area (Å²) < 4.78 is 11.2. The lowest BCUT2D eigenvalue weighted by molar-refractivity contribution is -0.156. The van der Waals surface area contributed by atoms with E-state index >= 15 is 0 Å². The maximum atomic E-state index is 12.6. The number of aromatic nitrogens is 2. The standard InChI is InChI=1S/C21H21N3O4S/c1-14(18-22-23-19(28-18)15-6-3-2-4-7-15)27-21(26)16-9-11-24(12-10-16)20(25)17-8-5-13-29-17/h2-8,13-14,16H,9-12H2,1H3/t14-/m0/s1. The van der Waals surface area contributed by atoms with E-state index in [-0.39, 0.29) is 23.7 Å². The van der Waals surface area contributed by atoms with Crippen LogP contribution in [0, 0.1) is 5.92 Å². The summed E-state index contributed by atoms with van der Waals surface area (Å²) in [5, 5.41) is 9.93. The first-order chi connectivity index (χ1) is 14.1. The Balaban J connectivity index is 1.31. The molecule has 2 aromatic heterocycles. The van der Waals surface area contributed by atoms with Crippen molar-refractivity contribution in [3.8, 4) is 11.5 Å². The molecule has 0 radical (unpaired) electrons. The molecule has 1 atom stereocenters. The van der Waals surface area contributed by atoms with Crippen LogP contribution in [0.3, 0.4) is 0 Å². The zero-order valence-corrected chi connectivity index (χ0v) is 16.8. The molecule has 0 aliphatic carbocycles. The molecule has 1 aromatic carbocycles. The molecular formula is C21H21N3O4S. The number of thiophene rings is 1. The van der Waals surface area contributed by atoms with Gasteiger partial charge in [0.1, 0.15) is 0 Å². The topological polar surface area (TPSA) is 85.5 Å². The van der Waals surface area contributed by atoms with Gasteiger partial charge in [-0.05, 0) is 43.3 Å². The van der Waals surface area contributed by atoms with E-state index in [4.69, 9.17) is 9.15 Å². The largest absolute Gasteiger partial charge is 0.452 e. The summed E-state index contributed by atoms with van der Waals surface area (Å²) >= 11 is 1.43. The first-order valence-electron chi connectivity index (χ1n) is 9.54. The Kier molecular flexibility index (Phi) is 5.71. The van der Waals surface area contributed by atoms with E-state index in [9.17, 15) is 9.59 Å². The van der Waals surface area contributed by atoms with Crippen molar-refractivity contribution in [2.24, 2.45) is 5.92 Å². The highest BCUT2D eigenvalue weighted by molar-refractivity contribution is 7.12. The Morgan fingerprint density at radius 3 is 2.59 bits per heavy atom. The van der Waals surface area contributed by atoms with Crippen molar-refractivity contribution in [3.63, 3.8) is 0 Å². The molecule has 8 heteroatoms. The SMILES string of the molecule is C[C@H](OC(=O)C1CCN(C(=O)c2cccs2)CC1)c1nnc(-c2ccccc2)o1. The Morgan fingerprint density at radius 1 is 1.14 bits per heavy atom. The molecule has 1 fully saturated rings. The van der Waals surface area contributed by atoms with Gasteiger partial charge in [-0.1, -0.05) is 24.3 Å². The zero-order chi connectivity index (χ0) is 20.2. The van der Waals surface area contributed by atoms with Crippen molar-refractivity contribution in [1.29, 1.82) is 0 Å². The van der Waals surface area contributed by atoms with E-state index in [2.05, 4.69) is 10.2 Å². The molecule has 4 rings (SSSR count). The number of esters is 1. The monoisotopic (exact) mass is 411 g/mol. The Morgan fingerprint density at radius 2 is 1.90 bits per heavy atom. The molecule has 1 amide bonds. The maximum Gasteiger partial charge on any atom is 0.309 e. The number of likely N-dealkylation sites (tertiary alicyclic amines) is 1. The highest BCUT2D eigenvalue weighted by Crippen LogP contribution is 2.26. The minimum Gasteiger partial charge on any atom is -0.452 e. The maximum absolute atomic E-state index is 12.6. The number of amides is 1. The molecule has 150 valence electrons. The lowest BCUT2D eigenvalue weighted by Crippen LogP contribution is -2.40. The van der Waals surface area contributed by atoms with E-state index in [0.717, 1.165) is 10.4 Å². The summed E-state index contributed by atoms with van der Waals surface area (Å²) in [4.78, 5) is 27.5. The summed E-state index contributed by atoms with van der Waals surface area (Å²) in [5.74, 6) is 0.160. The van der Waals surface area contributed by atoms with Crippen molar-refractivity contribution < 1.29 is 18.7 Å². The number of piperidine rings is 1. The average Bonchev–Trinajstić information content (AvgIpc) is 3.46. The van der Waals surface area contributed by atoms with Gasteiger partial charge in [0, 0.05) is 18.7 Å². The fraction of sp³-hybridized carbons (Fsp3) is 0.333. The number of benzene rings is 1. The molecule has 3 heterocycles. The number of nitrogens with zero attached hydrogens (tertiary/aromatic N) is 3. The van der Waals surface area contributed by atoms with Gasteiger partial charge >= 0.3 is 5.97 Å². The summed E-state index contributed by atoms with van der Waals surface area (Å²) in [6, 6.07) is 13.1. The van der Waals surface area contributed by atoms with Crippen molar-refractivity contribution >= 4 is 23.2 Å². The van der Waals surface area contributed by atoms with Crippen LogP contribution >= 0.6 is 11.3 Å². The molecule has 0 N–H and O–H groups in total. The molecule has 7 nitrogen and oxygen atoms in total. The first-order valence-corrected chi connectivity index (χ1v) is 10.4. The van der Waals surface area contributed by atoms with Crippen molar-refractivity contribution in [2.75, 3.05) is 13.1 Å². The highest BCUT2D eigenvalue weighted by atomic mass is 32.1. The number of carbonyl (C=O) groups is 2. The quantitative estimate of drug-likeness (QED) is 0.591. The molecule has 0 spiro atoms. The molecule has 1 saturated heterocycles. The van der Waals surface area contributed by atoms with Crippen LogP contribution in [0.15, 0.2) is 52.3 Å². The van der Waals surface area contributed by atoms with E-state index in [1.165, 1.54) is 11.3 Å². The van der Waals surface area contributed by atoms with Crippen LogP contribution in [-0.2, 0) is 9.53 Å². The van der Waals surface area contributed by atoms with Gasteiger partial charge in [0.2, 0.25) is 5.89 Å². The van der Waals surface area contributed by atoms with Crippen LogP contribution in [0.1, 0.15) is 41.4 Å². The fourth-order valence-electron chi connectivity index (χ4n) is 3.29. The van der Waals surface area contributed by atoms with Crippen LogP contribution in [-0.4, -0.2) is 40.1 Å². The molecule has 3 aromatic rings. The third kappa shape index (κ3) is 4.37. The average molecular weight is 411 g/mol. The number of rotatable bonds is 5. The molecule has 0 saturated carbocycles. The van der Waals surface area contributed by atoms with Gasteiger partial charge in [0.15, 0.2) is 6.10 Å². The molecule has 0 bridgehead atoms. The highest BCUT2D eigenvalue weighted by Gasteiger charge is 2.31. The molecule has 29 heavy (non-hydrogen) atoms. The molecular weight excluding hydrogens is 390 g/mol. The van der Waals surface area contributed by atoms with Crippen LogP contribution < -0.4 is 0 Å².